The Morgan fingerprint density at radius 3 is 2.60 bits per heavy atom. The predicted octanol–water partition coefficient (Wildman–Crippen LogP) is 3.41. The van der Waals surface area contributed by atoms with E-state index in [2.05, 4.69) is 0 Å². The van der Waals surface area contributed by atoms with Crippen molar-refractivity contribution >= 4 is 11.9 Å². The van der Waals surface area contributed by atoms with Gasteiger partial charge in [0, 0.05) is 18.2 Å². The van der Waals surface area contributed by atoms with Crippen LogP contribution < -0.4 is 9.47 Å². The summed E-state index contributed by atoms with van der Waals surface area (Å²) >= 11 is 0. The van der Waals surface area contributed by atoms with E-state index in [1.54, 1.807) is 18.2 Å². The van der Waals surface area contributed by atoms with Crippen molar-refractivity contribution in [1.82, 2.24) is 4.90 Å². The molecular weight excluding hydrogens is 321 g/mol. The number of carbonyl (C=O) groups excluding carboxylic acids is 1. The van der Waals surface area contributed by atoms with Crippen molar-refractivity contribution in [2.75, 3.05) is 34.4 Å². The summed E-state index contributed by atoms with van der Waals surface area (Å²) in [4.78, 5) is 13.1. The molecule has 2 aromatic carbocycles. The Kier molecular flexibility index (Phi) is 6.71. The Morgan fingerprint density at radius 1 is 1.16 bits per heavy atom. The van der Waals surface area contributed by atoms with Crippen LogP contribution in [0.15, 0.2) is 48.5 Å². The van der Waals surface area contributed by atoms with Crippen molar-refractivity contribution in [2.45, 2.75) is 0 Å². The lowest BCUT2D eigenvalue weighted by atomic mass is 9.97. The normalized spacial score (nSPS) is 11.5. The van der Waals surface area contributed by atoms with Gasteiger partial charge in [0.05, 0.1) is 7.11 Å². The van der Waals surface area contributed by atoms with Crippen LogP contribution in [0.4, 0.5) is 4.39 Å². The maximum Gasteiger partial charge on any atom is 0.143 e. The Morgan fingerprint density at radius 2 is 1.96 bits per heavy atom. The monoisotopic (exact) mass is 343 g/mol. The van der Waals surface area contributed by atoms with Gasteiger partial charge in [-0.25, -0.2) is 4.39 Å². The number of aldehydes is 1. The van der Waals surface area contributed by atoms with E-state index in [0.29, 0.717) is 41.1 Å². The van der Waals surface area contributed by atoms with Gasteiger partial charge >= 0.3 is 0 Å². The molecule has 0 atom stereocenters. The number of allylic oxidation sites excluding steroid dienone is 1. The number of likely N-dealkylation sites (N-methyl/N-ethyl adjacent to an activating group) is 1. The number of ether oxygens (including phenoxy) is 2. The first kappa shape index (κ1) is 18.7. The Balaban J connectivity index is 2.32. The van der Waals surface area contributed by atoms with E-state index < -0.39 is 5.82 Å². The third kappa shape index (κ3) is 5.16. The van der Waals surface area contributed by atoms with Gasteiger partial charge < -0.3 is 14.4 Å². The number of carbonyl (C=O) groups is 1. The van der Waals surface area contributed by atoms with E-state index in [1.807, 2.05) is 37.2 Å². The zero-order valence-corrected chi connectivity index (χ0v) is 14.7. The molecule has 0 heterocycles. The van der Waals surface area contributed by atoms with Crippen LogP contribution in [-0.4, -0.2) is 45.5 Å². The second-order valence-electron chi connectivity index (χ2n) is 5.74. The second kappa shape index (κ2) is 8.99. The first-order valence-corrected chi connectivity index (χ1v) is 7.92. The summed E-state index contributed by atoms with van der Waals surface area (Å²) < 4.78 is 25.2. The minimum atomic E-state index is -0.452. The van der Waals surface area contributed by atoms with Gasteiger partial charge in [-0.1, -0.05) is 12.1 Å². The molecule has 2 aromatic rings. The van der Waals surface area contributed by atoms with Gasteiger partial charge in [-0.05, 0) is 55.6 Å². The predicted molar refractivity (Wildman–Crippen MR) is 96.6 cm³/mol. The third-order valence-corrected chi connectivity index (χ3v) is 3.65. The largest absolute Gasteiger partial charge is 0.497 e. The van der Waals surface area contributed by atoms with Crippen LogP contribution in [0.25, 0.3) is 5.57 Å². The fourth-order valence-corrected chi connectivity index (χ4v) is 2.35. The summed E-state index contributed by atoms with van der Waals surface area (Å²) in [6.45, 7) is 1.33. The molecule has 0 spiro atoms. The summed E-state index contributed by atoms with van der Waals surface area (Å²) in [5.41, 5.74) is 1.53. The maximum absolute atomic E-state index is 14.4. The molecule has 25 heavy (non-hydrogen) atoms. The maximum atomic E-state index is 14.4. The van der Waals surface area contributed by atoms with Crippen LogP contribution in [0.1, 0.15) is 11.1 Å². The molecule has 0 aliphatic heterocycles. The van der Waals surface area contributed by atoms with Gasteiger partial charge in [0.1, 0.15) is 30.2 Å². The average Bonchev–Trinajstić information content (AvgIpc) is 2.60. The van der Waals surface area contributed by atoms with Crippen LogP contribution in [-0.2, 0) is 4.79 Å². The van der Waals surface area contributed by atoms with Crippen molar-refractivity contribution in [1.29, 1.82) is 0 Å². The topological polar surface area (TPSA) is 38.8 Å². The number of hydrogen-bond donors (Lipinski definition) is 0. The van der Waals surface area contributed by atoms with E-state index >= 15 is 0 Å². The number of methoxy groups -OCH3 is 1. The molecule has 0 bridgehead atoms. The van der Waals surface area contributed by atoms with E-state index in [9.17, 15) is 9.18 Å². The molecule has 0 aliphatic rings. The van der Waals surface area contributed by atoms with Gasteiger partial charge in [-0.3, -0.25) is 4.79 Å². The zero-order valence-electron chi connectivity index (χ0n) is 14.7. The minimum Gasteiger partial charge on any atom is -0.497 e. The molecule has 0 amide bonds. The zero-order chi connectivity index (χ0) is 18.2. The SMILES string of the molecule is COc1ccc(C(=CC=O)c2cccc(OCCN(C)C)c2)c(F)c1. The fraction of sp³-hybridized carbons (Fsp3) is 0.250. The average molecular weight is 343 g/mol. The lowest BCUT2D eigenvalue weighted by Gasteiger charge is -2.13. The molecule has 0 N–H and O–H groups in total. The molecule has 0 aliphatic carbocycles. The molecule has 0 aromatic heterocycles. The molecule has 2 rings (SSSR count). The molecule has 5 heteroatoms. The molecule has 0 radical (unpaired) electrons. The summed E-state index contributed by atoms with van der Waals surface area (Å²) in [7, 11) is 5.42. The Labute approximate surface area is 147 Å². The highest BCUT2D eigenvalue weighted by molar-refractivity contribution is 5.90. The smallest absolute Gasteiger partial charge is 0.143 e. The standard InChI is InChI=1S/C20H22FNO3/c1-22(2)10-12-25-17-6-4-5-15(13-17)18(9-11-23)19-8-7-16(24-3)14-20(19)21/h4-9,11,13-14H,10,12H2,1-3H3. The highest BCUT2D eigenvalue weighted by Crippen LogP contribution is 2.29. The summed E-state index contributed by atoms with van der Waals surface area (Å²) in [5.74, 6) is 0.643. The van der Waals surface area contributed by atoms with Gasteiger partial charge in [0.25, 0.3) is 0 Å². The number of nitrogens with zero attached hydrogens (tertiary/aromatic N) is 1. The number of halogens is 1. The Bertz CT molecular complexity index is 756. The molecule has 0 saturated carbocycles. The van der Waals surface area contributed by atoms with Crippen LogP contribution >= 0.6 is 0 Å². The molecule has 0 saturated heterocycles. The van der Waals surface area contributed by atoms with Gasteiger partial charge in [0.15, 0.2) is 0 Å². The lowest BCUT2D eigenvalue weighted by molar-refractivity contribution is -0.104. The van der Waals surface area contributed by atoms with E-state index in [4.69, 9.17) is 9.47 Å². The van der Waals surface area contributed by atoms with Crippen LogP contribution in [0.5, 0.6) is 11.5 Å². The molecule has 0 fully saturated rings. The Hall–Kier alpha value is -2.66. The molecule has 0 unspecified atom stereocenters. The number of benzene rings is 2. The van der Waals surface area contributed by atoms with Gasteiger partial charge in [-0.2, -0.15) is 0 Å². The molecule has 132 valence electrons. The van der Waals surface area contributed by atoms with Crippen molar-refractivity contribution in [3.05, 3.63) is 65.5 Å². The first-order chi connectivity index (χ1) is 12.0. The van der Waals surface area contributed by atoms with Crippen LogP contribution in [0.2, 0.25) is 0 Å². The summed E-state index contributed by atoms with van der Waals surface area (Å²) in [6, 6.07) is 11.8. The van der Waals surface area contributed by atoms with Crippen molar-refractivity contribution in [3.8, 4) is 11.5 Å². The summed E-state index contributed by atoms with van der Waals surface area (Å²) in [6.07, 6.45) is 2.00. The third-order valence-electron chi connectivity index (χ3n) is 3.65. The fourth-order valence-electron chi connectivity index (χ4n) is 2.35. The lowest BCUT2D eigenvalue weighted by Crippen LogP contribution is -2.19. The second-order valence-corrected chi connectivity index (χ2v) is 5.74. The highest BCUT2D eigenvalue weighted by atomic mass is 19.1. The molecule has 4 nitrogen and oxygen atoms in total. The number of rotatable bonds is 8. The van der Waals surface area contributed by atoms with Crippen molar-refractivity contribution < 1.29 is 18.7 Å². The van der Waals surface area contributed by atoms with E-state index in [-0.39, 0.29) is 0 Å². The number of hydrogen-bond acceptors (Lipinski definition) is 4. The minimum absolute atomic E-state index is 0.332. The van der Waals surface area contributed by atoms with E-state index in [0.717, 1.165) is 6.54 Å². The van der Waals surface area contributed by atoms with Crippen LogP contribution in [0.3, 0.4) is 0 Å². The van der Waals surface area contributed by atoms with Crippen LogP contribution in [0, 0.1) is 5.82 Å². The highest BCUT2D eigenvalue weighted by Gasteiger charge is 2.12. The van der Waals surface area contributed by atoms with Gasteiger partial charge in [0.2, 0.25) is 0 Å². The molecular formula is C20H22FNO3. The van der Waals surface area contributed by atoms with Crippen molar-refractivity contribution in [2.24, 2.45) is 0 Å². The van der Waals surface area contributed by atoms with Crippen molar-refractivity contribution in [3.63, 3.8) is 0 Å². The van der Waals surface area contributed by atoms with E-state index in [1.165, 1.54) is 19.3 Å². The summed E-state index contributed by atoms with van der Waals surface area (Å²) in [5, 5.41) is 0. The first-order valence-electron chi connectivity index (χ1n) is 7.92. The quantitative estimate of drug-likeness (QED) is 0.544. The van der Waals surface area contributed by atoms with Gasteiger partial charge in [-0.15, -0.1) is 0 Å².